The van der Waals surface area contributed by atoms with Crippen LogP contribution in [0.4, 0.5) is 0 Å². The number of nitrogens with zero attached hydrogens (tertiary/aromatic N) is 1. The van der Waals surface area contributed by atoms with Crippen molar-refractivity contribution >= 4 is 16.8 Å². The van der Waals surface area contributed by atoms with Crippen molar-refractivity contribution in [2.75, 3.05) is 7.05 Å². The normalized spacial score (nSPS) is 12.6. The van der Waals surface area contributed by atoms with Crippen LogP contribution in [0.25, 0.3) is 10.9 Å². The van der Waals surface area contributed by atoms with Crippen LogP contribution in [-0.2, 0) is 17.9 Å². The van der Waals surface area contributed by atoms with Crippen LogP contribution >= 0.6 is 0 Å². The van der Waals surface area contributed by atoms with Crippen molar-refractivity contribution in [1.29, 1.82) is 0 Å². The molecule has 108 valence electrons. The average Bonchev–Trinajstić information content (AvgIpc) is 2.83. The Labute approximate surface area is 120 Å². The van der Waals surface area contributed by atoms with Crippen LogP contribution in [0, 0.1) is 0 Å². The molecule has 4 heteroatoms. The standard InChI is InChI=1S/C16H23N3O/c1-4-12(2)18-15(20)11-19-9-8-13-6-5-7-14(10-17-3)16(13)19/h5-9,12,17H,4,10-11H2,1-3H3,(H,18,20). The van der Waals surface area contributed by atoms with Gasteiger partial charge in [-0.2, -0.15) is 0 Å². The number of carbonyl (C=O) groups is 1. The van der Waals surface area contributed by atoms with Gasteiger partial charge in [0.1, 0.15) is 6.54 Å². The van der Waals surface area contributed by atoms with Gasteiger partial charge in [0.15, 0.2) is 0 Å². The lowest BCUT2D eigenvalue weighted by atomic mass is 10.1. The number of rotatable bonds is 6. The van der Waals surface area contributed by atoms with Gasteiger partial charge in [0.25, 0.3) is 0 Å². The highest BCUT2D eigenvalue weighted by Crippen LogP contribution is 2.20. The van der Waals surface area contributed by atoms with Crippen LogP contribution < -0.4 is 10.6 Å². The average molecular weight is 273 g/mol. The van der Waals surface area contributed by atoms with Crippen molar-refractivity contribution in [3.63, 3.8) is 0 Å². The van der Waals surface area contributed by atoms with Crippen LogP contribution in [0.2, 0.25) is 0 Å². The minimum absolute atomic E-state index is 0.0658. The first-order valence-corrected chi connectivity index (χ1v) is 7.16. The van der Waals surface area contributed by atoms with E-state index in [1.54, 1.807) is 0 Å². The molecular formula is C16H23N3O. The van der Waals surface area contributed by atoms with Crippen molar-refractivity contribution in [3.05, 3.63) is 36.0 Å². The Bertz CT molecular complexity index is 588. The summed E-state index contributed by atoms with van der Waals surface area (Å²) in [6, 6.07) is 8.52. The van der Waals surface area contributed by atoms with Crippen LogP contribution in [0.15, 0.2) is 30.5 Å². The molecule has 0 saturated heterocycles. The Balaban J connectivity index is 2.24. The third-order valence-electron chi connectivity index (χ3n) is 3.57. The van der Waals surface area contributed by atoms with E-state index in [1.165, 1.54) is 10.9 Å². The molecule has 0 aliphatic carbocycles. The van der Waals surface area contributed by atoms with Gasteiger partial charge in [-0.05, 0) is 37.4 Å². The van der Waals surface area contributed by atoms with Crippen molar-refractivity contribution in [1.82, 2.24) is 15.2 Å². The molecule has 1 aromatic carbocycles. The zero-order chi connectivity index (χ0) is 14.5. The van der Waals surface area contributed by atoms with Crippen LogP contribution in [0.1, 0.15) is 25.8 Å². The fraction of sp³-hybridized carbons (Fsp3) is 0.438. The van der Waals surface area contributed by atoms with Crippen molar-refractivity contribution in [3.8, 4) is 0 Å². The summed E-state index contributed by atoms with van der Waals surface area (Å²) >= 11 is 0. The summed E-state index contributed by atoms with van der Waals surface area (Å²) in [6.07, 6.45) is 2.93. The quantitative estimate of drug-likeness (QED) is 0.848. The molecule has 0 radical (unpaired) electrons. The Morgan fingerprint density at radius 1 is 1.35 bits per heavy atom. The van der Waals surface area contributed by atoms with Gasteiger partial charge in [0.05, 0.1) is 5.52 Å². The maximum atomic E-state index is 12.0. The summed E-state index contributed by atoms with van der Waals surface area (Å²) in [5.74, 6) is 0.0658. The fourth-order valence-corrected chi connectivity index (χ4v) is 2.38. The molecule has 1 aromatic heterocycles. The molecule has 1 unspecified atom stereocenters. The van der Waals surface area contributed by atoms with Gasteiger partial charge in [0, 0.05) is 18.8 Å². The van der Waals surface area contributed by atoms with E-state index in [1.807, 2.05) is 24.7 Å². The minimum Gasteiger partial charge on any atom is -0.352 e. The van der Waals surface area contributed by atoms with Gasteiger partial charge < -0.3 is 15.2 Å². The van der Waals surface area contributed by atoms with Crippen LogP contribution in [-0.4, -0.2) is 23.6 Å². The molecule has 2 aromatic rings. The molecular weight excluding hydrogens is 250 g/mol. The Morgan fingerprint density at radius 2 is 2.15 bits per heavy atom. The molecule has 2 rings (SSSR count). The number of fused-ring (bicyclic) bond motifs is 1. The number of para-hydroxylation sites is 1. The summed E-state index contributed by atoms with van der Waals surface area (Å²) in [7, 11) is 1.93. The van der Waals surface area contributed by atoms with E-state index in [0.29, 0.717) is 6.54 Å². The lowest BCUT2D eigenvalue weighted by Crippen LogP contribution is -2.34. The number of aromatic nitrogens is 1. The molecule has 1 heterocycles. The van der Waals surface area contributed by atoms with E-state index >= 15 is 0 Å². The highest BCUT2D eigenvalue weighted by atomic mass is 16.2. The molecule has 0 saturated carbocycles. The van der Waals surface area contributed by atoms with E-state index in [9.17, 15) is 4.79 Å². The lowest BCUT2D eigenvalue weighted by Gasteiger charge is -2.13. The molecule has 1 amide bonds. The second kappa shape index (κ2) is 6.57. The van der Waals surface area contributed by atoms with Gasteiger partial charge in [0.2, 0.25) is 5.91 Å². The molecule has 4 nitrogen and oxygen atoms in total. The molecule has 0 bridgehead atoms. The van der Waals surface area contributed by atoms with E-state index in [4.69, 9.17) is 0 Å². The zero-order valence-corrected chi connectivity index (χ0v) is 12.4. The smallest absolute Gasteiger partial charge is 0.240 e. The fourth-order valence-electron chi connectivity index (χ4n) is 2.38. The van der Waals surface area contributed by atoms with Crippen molar-refractivity contribution in [2.24, 2.45) is 0 Å². The summed E-state index contributed by atoms with van der Waals surface area (Å²) in [4.78, 5) is 12.0. The number of hydrogen-bond donors (Lipinski definition) is 2. The molecule has 0 aliphatic rings. The Morgan fingerprint density at radius 3 is 2.85 bits per heavy atom. The van der Waals surface area contributed by atoms with Crippen molar-refractivity contribution in [2.45, 2.75) is 39.4 Å². The second-order valence-corrected chi connectivity index (χ2v) is 5.21. The third-order valence-corrected chi connectivity index (χ3v) is 3.57. The molecule has 0 fully saturated rings. The van der Waals surface area contributed by atoms with Gasteiger partial charge in [-0.1, -0.05) is 25.1 Å². The highest BCUT2D eigenvalue weighted by Gasteiger charge is 2.10. The third kappa shape index (κ3) is 3.20. The summed E-state index contributed by atoms with van der Waals surface area (Å²) in [5, 5.41) is 7.36. The first-order valence-electron chi connectivity index (χ1n) is 7.16. The predicted molar refractivity (Wildman–Crippen MR) is 82.6 cm³/mol. The lowest BCUT2D eigenvalue weighted by molar-refractivity contribution is -0.122. The van der Waals surface area contributed by atoms with Gasteiger partial charge in [-0.3, -0.25) is 4.79 Å². The van der Waals surface area contributed by atoms with Gasteiger partial charge in [-0.25, -0.2) is 0 Å². The molecule has 0 spiro atoms. The molecule has 0 aliphatic heterocycles. The predicted octanol–water partition coefficient (Wildman–Crippen LogP) is 2.28. The summed E-state index contributed by atoms with van der Waals surface area (Å²) < 4.78 is 2.03. The molecule has 1 atom stereocenters. The number of nitrogens with one attached hydrogen (secondary N) is 2. The maximum absolute atomic E-state index is 12.0. The van der Waals surface area contributed by atoms with E-state index in [0.717, 1.165) is 18.5 Å². The number of carbonyl (C=O) groups excluding carboxylic acids is 1. The largest absolute Gasteiger partial charge is 0.352 e. The van der Waals surface area contributed by atoms with Gasteiger partial charge >= 0.3 is 0 Å². The summed E-state index contributed by atoms with van der Waals surface area (Å²) in [6.45, 7) is 5.27. The van der Waals surface area contributed by atoms with E-state index < -0.39 is 0 Å². The molecule has 20 heavy (non-hydrogen) atoms. The monoisotopic (exact) mass is 273 g/mol. The second-order valence-electron chi connectivity index (χ2n) is 5.21. The van der Waals surface area contributed by atoms with Crippen LogP contribution in [0.5, 0.6) is 0 Å². The first kappa shape index (κ1) is 14.6. The Kier molecular flexibility index (Phi) is 4.79. The first-order chi connectivity index (χ1) is 9.65. The van der Waals surface area contributed by atoms with E-state index in [-0.39, 0.29) is 11.9 Å². The zero-order valence-electron chi connectivity index (χ0n) is 12.4. The molecule has 2 N–H and O–H groups in total. The minimum atomic E-state index is 0.0658. The highest BCUT2D eigenvalue weighted by molar-refractivity contribution is 5.85. The topological polar surface area (TPSA) is 46.1 Å². The Hall–Kier alpha value is -1.81. The van der Waals surface area contributed by atoms with E-state index in [2.05, 4.69) is 41.8 Å². The van der Waals surface area contributed by atoms with Crippen molar-refractivity contribution < 1.29 is 4.79 Å². The number of amides is 1. The number of hydrogen-bond acceptors (Lipinski definition) is 2. The number of benzene rings is 1. The van der Waals surface area contributed by atoms with Gasteiger partial charge in [-0.15, -0.1) is 0 Å². The van der Waals surface area contributed by atoms with Crippen LogP contribution in [0.3, 0.4) is 0 Å². The maximum Gasteiger partial charge on any atom is 0.240 e. The summed E-state index contributed by atoms with van der Waals surface area (Å²) in [5.41, 5.74) is 2.35. The SMILES string of the molecule is CCC(C)NC(=O)Cn1ccc2cccc(CNC)c21.